The normalized spacial score (nSPS) is 16.2. The Morgan fingerprint density at radius 3 is 2.36 bits per heavy atom. The van der Waals surface area contributed by atoms with Crippen LogP contribution in [-0.4, -0.2) is 60.9 Å². The molecule has 6 nitrogen and oxygen atoms in total. The highest BCUT2D eigenvalue weighted by atomic mass is 127. The zero-order valence-electron chi connectivity index (χ0n) is 20.1. The summed E-state index contributed by atoms with van der Waals surface area (Å²) >= 11 is 0. The van der Waals surface area contributed by atoms with Gasteiger partial charge in [0.2, 0.25) is 0 Å². The van der Waals surface area contributed by atoms with Gasteiger partial charge in [-0.2, -0.15) is 0 Å². The molecule has 0 aliphatic carbocycles. The molecule has 1 aliphatic heterocycles. The fraction of sp³-hybridized carbons (Fsp3) is 0.462. The Hall–Kier alpha value is -2.13. The van der Waals surface area contributed by atoms with Crippen molar-refractivity contribution < 1.29 is 4.79 Å². The molecule has 1 unspecified atom stereocenters. The maximum Gasteiger partial charge on any atom is 0.253 e. The van der Waals surface area contributed by atoms with Gasteiger partial charge in [-0.15, -0.1) is 24.0 Å². The minimum atomic E-state index is 0. The number of hydrogen-bond donors (Lipinski definition) is 2. The first-order chi connectivity index (χ1) is 15.6. The van der Waals surface area contributed by atoms with Crippen LogP contribution in [0.5, 0.6) is 0 Å². The molecule has 1 heterocycles. The topological polar surface area (TPSA) is 60.0 Å². The number of carbonyl (C=O) groups excluding carboxylic acids is 1. The Kier molecular flexibility index (Phi) is 11.7. The molecule has 0 spiro atoms. The number of likely N-dealkylation sites (tertiary alicyclic amines) is 1. The van der Waals surface area contributed by atoms with E-state index in [1.165, 1.54) is 18.4 Å². The maximum atomic E-state index is 12.5. The average molecular weight is 564 g/mol. The number of hydrogen-bond acceptors (Lipinski definition) is 3. The van der Waals surface area contributed by atoms with Gasteiger partial charge < -0.3 is 15.5 Å². The molecule has 0 bridgehead atoms. The van der Waals surface area contributed by atoms with Gasteiger partial charge in [-0.3, -0.25) is 14.7 Å². The van der Waals surface area contributed by atoms with Crippen molar-refractivity contribution in [2.24, 2.45) is 4.99 Å². The third-order valence-corrected chi connectivity index (χ3v) is 6.17. The van der Waals surface area contributed by atoms with Gasteiger partial charge in [0.15, 0.2) is 5.96 Å². The predicted molar refractivity (Wildman–Crippen MR) is 147 cm³/mol. The molecule has 1 saturated heterocycles. The van der Waals surface area contributed by atoms with Crippen LogP contribution in [-0.2, 0) is 13.1 Å². The largest absolute Gasteiger partial charge is 0.355 e. The van der Waals surface area contributed by atoms with Crippen LogP contribution in [0.15, 0.2) is 59.6 Å². The van der Waals surface area contributed by atoms with E-state index in [0.717, 1.165) is 49.8 Å². The van der Waals surface area contributed by atoms with Gasteiger partial charge in [-0.05, 0) is 56.5 Å². The number of halogens is 1. The molecule has 0 radical (unpaired) electrons. The van der Waals surface area contributed by atoms with Crippen LogP contribution in [0, 0.1) is 0 Å². The Bertz CT molecular complexity index is 868. The molecule has 2 N–H and O–H groups in total. The fourth-order valence-corrected chi connectivity index (χ4v) is 4.23. The molecule has 3 rings (SSSR count). The molecule has 2 aromatic carbocycles. The number of nitrogens with zero attached hydrogens (tertiary/aromatic N) is 3. The number of rotatable bonds is 9. The molecule has 1 fully saturated rings. The summed E-state index contributed by atoms with van der Waals surface area (Å²) in [5, 5.41) is 6.89. The Labute approximate surface area is 215 Å². The van der Waals surface area contributed by atoms with Gasteiger partial charge >= 0.3 is 0 Å². The first-order valence-electron chi connectivity index (χ1n) is 11.7. The van der Waals surface area contributed by atoms with Crippen LogP contribution < -0.4 is 10.6 Å². The van der Waals surface area contributed by atoms with Gasteiger partial charge in [0.25, 0.3) is 5.91 Å². The molecule has 1 amide bonds. The van der Waals surface area contributed by atoms with E-state index in [0.29, 0.717) is 12.6 Å². The van der Waals surface area contributed by atoms with E-state index in [1.807, 2.05) is 43.0 Å². The smallest absolute Gasteiger partial charge is 0.253 e. The molecule has 180 valence electrons. The summed E-state index contributed by atoms with van der Waals surface area (Å²) in [7, 11) is 1.80. The zero-order valence-corrected chi connectivity index (χ0v) is 22.4. The van der Waals surface area contributed by atoms with Crippen molar-refractivity contribution in [1.29, 1.82) is 0 Å². The van der Waals surface area contributed by atoms with Crippen LogP contribution >= 0.6 is 24.0 Å². The lowest BCUT2D eigenvalue weighted by molar-refractivity contribution is 0.0773. The number of benzene rings is 2. The molecule has 0 aromatic heterocycles. The molecule has 1 aliphatic rings. The summed E-state index contributed by atoms with van der Waals surface area (Å²) in [4.78, 5) is 21.2. The van der Waals surface area contributed by atoms with Crippen LogP contribution in [0.3, 0.4) is 0 Å². The Morgan fingerprint density at radius 2 is 1.73 bits per heavy atom. The molecular formula is C26H38IN5O. The summed E-state index contributed by atoms with van der Waals surface area (Å²) in [5.74, 6) is 0.892. The molecule has 1 atom stereocenters. The van der Waals surface area contributed by atoms with Crippen LogP contribution in [0.25, 0.3) is 0 Å². The number of amides is 1. The van der Waals surface area contributed by atoms with Crippen molar-refractivity contribution in [3.8, 4) is 0 Å². The first-order valence-corrected chi connectivity index (χ1v) is 11.7. The van der Waals surface area contributed by atoms with Crippen molar-refractivity contribution in [3.05, 3.63) is 71.3 Å². The lowest BCUT2D eigenvalue weighted by atomic mass is 10.1. The SMILES string of the molecule is CCN(CC)C(=O)c1ccc(CNC(=NC)NCC2CCCN2Cc2ccccc2)cc1.I. The van der Waals surface area contributed by atoms with Gasteiger partial charge in [0, 0.05) is 51.4 Å². The van der Waals surface area contributed by atoms with E-state index in [-0.39, 0.29) is 29.9 Å². The lowest BCUT2D eigenvalue weighted by Crippen LogP contribution is -2.44. The first kappa shape index (κ1) is 27.1. The third kappa shape index (κ3) is 7.99. The molecule has 0 saturated carbocycles. The summed E-state index contributed by atoms with van der Waals surface area (Å²) in [6, 6.07) is 19.0. The Morgan fingerprint density at radius 1 is 1.03 bits per heavy atom. The van der Waals surface area contributed by atoms with Crippen molar-refractivity contribution in [1.82, 2.24) is 20.4 Å². The van der Waals surface area contributed by atoms with E-state index < -0.39 is 0 Å². The van der Waals surface area contributed by atoms with Gasteiger partial charge in [-0.25, -0.2) is 0 Å². The predicted octanol–water partition coefficient (Wildman–Crippen LogP) is 4.12. The highest BCUT2D eigenvalue weighted by molar-refractivity contribution is 14.0. The van der Waals surface area contributed by atoms with Crippen LogP contribution in [0.1, 0.15) is 48.2 Å². The van der Waals surface area contributed by atoms with Gasteiger partial charge in [0.05, 0.1) is 0 Å². The third-order valence-electron chi connectivity index (χ3n) is 6.17. The highest BCUT2D eigenvalue weighted by Crippen LogP contribution is 2.19. The molecular weight excluding hydrogens is 525 g/mol. The van der Waals surface area contributed by atoms with Crippen molar-refractivity contribution in [2.45, 2.75) is 45.8 Å². The zero-order chi connectivity index (χ0) is 22.8. The number of guanidine groups is 1. The molecule has 33 heavy (non-hydrogen) atoms. The van der Waals surface area contributed by atoms with E-state index >= 15 is 0 Å². The highest BCUT2D eigenvalue weighted by Gasteiger charge is 2.24. The molecule has 7 heteroatoms. The molecule has 2 aromatic rings. The summed E-state index contributed by atoms with van der Waals surface area (Å²) in [5.41, 5.74) is 3.22. The van der Waals surface area contributed by atoms with Gasteiger partial charge in [0.1, 0.15) is 0 Å². The standard InChI is InChI=1S/C26H37N5O.HI/c1-4-30(5-2)25(32)23-15-13-21(14-16-23)18-28-26(27-3)29-19-24-12-9-17-31(24)20-22-10-7-6-8-11-22;/h6-8,10-11,13-16,24H,4-5,9,12,17-20H2,1-3H3,(H2,27,28,29);1H. The Balaban J connectivity index is 0.00000385. The van der Waals surface area contributed by atoms with E-state index in [2.05, 4.69) is 50.9 Å². The second-order valence-corrected chi connectivity index (χ2v) is 8.23. The average Bonchev–Trinajstić information content (AvgIpc) is 3.27. The van der Waals surface area contributed by atoms with E-state index in [1.54, 1.807) is 7.05 Å². The number of carbonyl (C=O) groups is 1. The summed E-state index contributed by atoms with van der Waals surface area (Å²) in [6.45, 7) is 9.15. The second kappa shape index (κ2) is 14.2. The minimum Gasteiger partial charge on any atom is -0.355 e. The van der Waals surface area contributed by atoms with Crippen molar-refractivity contribution in [2.75, 3.05) is 33.2 Å². The van der Waals surface area contributed by atoms with Crippen LogP contribution in [0.4, 0.5) is 0 Å². The second-order valence-electron chi connectivity index (χ2n) is 8.23. The van der Waals surface area contributed by atoms with Crippen molar-refractivity contribution >= 4 is 35.8 Å². The lowest BCUT2D eigenvalue weighted by Gasteiger charge is -2.25. The van der Waals surface area contributed by atoms with E-state index in [4.69, 9.17) is 0 Å². The monoisotopic (exact) mass is 563 g/mol. The summed E-state index contributed by atoms with van der Waals surface area (Å²) < 4.78 is 0. The van der Waals surface area contributed by atoms with E-state index in [9.17, 15) is 4.79 Å². The number of aliphatic imine (C=N–C) groups is 1. The van der Waals surface area contributed by atoms with Crippen molar-refractivity contribution in [3.63, 3.8) is 0 Å². The number of nitrogens with one attached hydrogen (secondary N) is 2. The van der Waals surface area contributed by atoms with Gasteiger partial charge in [-0.1, -0.05) is 42.5 Å². The summed E-state index contributed by atoms with van der Waals surface area (Å²) in [6.07, 6.45) is 2.45. The quantitative estimate of drug-likeness (QED) is 0.274. The minimum absolute atomic E-state index is 0. The van der Waals surface area contributed by atoms with Crippen LogP contribution in [0.2, 0.25) is 0 Å². The fourth-order valence-electron chi connectivity index (χ4n) is 4.23. The maximum absolute atomic E-state index is 12.5.